The number of alkyl halides is 2. The monoisotopic (exact) mass is 390 g/mol. The third-order valence-corrected chi connectivity index (χ3v) is 4.85. The Morgan fingerprint density at radius 2 is 1.84 bits per heavy atom. The molecular weight excluding hydrogens is 382 g/mol. The molecule has 132 valence electrons. The van der Waals surface area contributed by atoms with Gasteiger partial charge in [-0.3, -0.25) is 14.9 Å². The van der Waals surface area contributed by atoms with Gasteiger partial charge in [0.05, 0.1) is 26.1 Å². The van der Waals surface area contributed by atoms with Crippen molar-refractivity contribution in [2.75, 3.05) is 5.32 Å². The van der Waals surface area contributed by atoms with Gasteiger partial charge < -0.3 is 5.32 Å². The van der Waals surface area contributed by atoms with Gasteiger partial charge in [0.15, 0.2) is 0 Å². The van der Waals surface area contributed by atoms with Gasteiger partial charge >= 0.3 is 5.76 Å². The van der Waals surface area contributed by atoms with Crippen LogP contribution < -0.4 is 5.32 Å². The summed E-state index contributed by atoms with van der Waals surface area (Å²) >= 11 is 5.82. The first-order valence-electron chi connectivity index (χ1n) is 6.51. The summed E-state index contributed by atoms with van der Waals surface area (Å²) in [5.74, 6) is -4.66. The van der Waals surface area contributed by atoms with Crippen LogP contribution in [-0.4, -0.2) is 25.0 Å². The lowest BCUT2D eigenvalue weighted by Crippen LogP contribution is -2.18. The van der Waals surface area contributed by atoms with Crippen molar-refractivity contribution in [1.29, 1.82) is 0 Å². The molecule has 1 N–H and O–H groups in total. The number of benzene rings is 2. The summed E-state index contributed by atoms with van der Waals surface area (Å²) in [6.45, 7) is 0. The summed E-state index contributed by atoms with van der Waals surface area (Å²) in [7, 11) is -4.96. The van der Waals surface area contributed by atoms with Gasteiger partial charge in [0.2, 0.25) is 9.84 Å². The summed E-state index contributed by atoms with van der Waals surface area (Å²) in [4.78, 5) is 21.5. The van der Waals surface area contributed by atoms with Crippen molar-refractivity contribution in [2.24, 2.45) is 0 Å². The standard InChI is InChI=1S/C14H9ClF2N2O5S/c15-10-6-5-8(19(21)22)7-9(10)13(20)18-11-3-1-2-4-12(11)25(23,24)14(16)17/h1-7,14H,(H,18,20). The number of hydrogen-bond acceptors (Lipinski definition) is 5. The van der Waals surface area contributed by atoms with E-state index in [1.54, 1.807) is 0 Å². The average Bonchev–Trinajstić information content (AvgIpc) is 2.55. The number of nitrogens with zero attached hydrogens (tertiary/aromatic N) is 1. The first-order valence-corrected chi connectivity index (χ1v) is 8.43. The molecule has 2 aromatic rings. The van der Waals surface area contributed by atoms with Crippen molar-refractivity contribution < 1.29 is 26.9 Å². The predicted octanol–water partition coefficient (Wildman–Crippen LogP) is 3.50. The second-order valence-corrected chi connectivity index (χ2v) is 6.97. The van der Waals surface area contributed by atoms with Gasteiger partial charge in [-0.2, -0.15) is 8.78 Å². The van der Waals surface area contributed by atoms with E-state index in [-0.39, 0.29) is 10.6 Å². The molecule has 25 heavy (non-hydrogen) atoms. The summed E-state index contributed by atoms with van der Waals surface area (Å²) in [5.41, 5.74) is -1.11. The topological polar surface area (TPSA) is 106 Å². The number of nitro benzene ring substituents is 1. The van der Waals surface area contributed by atoms with Crippen LogP contribution in [-0.2, 0) is 9.84 Å². The van der Waals surface area contributed by atoms with Crippen LogP contribution in [0, 0.1) is 10.1 Å². The average molecular weight is 391 g/mol. The van der Waals surface area contributed by atoms with E-state index < -0.39 is 42.7 Å². The summed E-state index contributed by atoms with van der Waals surface area (Å²) in [6, 6.07) is 7.65. The minimum atomic E-state index is -4.96. The summed E-state index contributed by atoms with van der Waals surface area (Å²) < 4.78 is 48.8. The lowest BCUT2D eigenvalue weighted by Gasteiger charge is -2.11. The fraction of sp³-hybridized carbons (Fsp3) is 0.0714. The minimum absolute atomic E-state index is 0.128. The highest BCUT2D eigenvalue weighted by Crippen LogP contribution is 2.28. The Labute approximate surface area is 145 Å². The molecule has 0 radical (unpaired) electrons. The quantitative estimate of drug-likeness (QED) is 0.621. The number of amides is 1. The molecule has 11 heteroatoms. The Kier molecular flexibility index (Phi) is 5.33. The SMILES string of the molecule is O=C(Nc1ccccc1S(=O)(=O)C(F)F)c1cc([N+](=O)[O-])ccc1Cl. The number of nitrogens with one attached hydrogen (secondary N) is 1. The highest BCUT2D eigenvalue weighted by Gasteiger charge is 2.29. The molecular formula is C14H9ClF2N2O5S. The second kappa shape index (κ2) is 7.11. The van der Waals surface area contributed by atoms with E-state index in [2.05, 4.69) is 5.32 Å². The summed E-state index contributed by atoms with van der Waals surface area (Å²) in [5, 5.41) is 12.8. The number of non-ortho nitro benzene ring substituents is 1. The molecule has 0 saturated carbocycles. The number of carbonyl (C=O) groups is 1. The number of sulfone groups is 1. The van der Waals surface area contributed by atoms with Crippen molar-refractivity contribution in [2.45, 2.75) is 10.7 Å². The predicted molar refractivity (Wildman–Crippen MR) is 85.7 cm³/mol. The van der Waals surface area contributed by atoms with E-state index in [1.807, 2.05) is 0 Å². The van der Waals surface area contributed by atoms with Gasteiger partial charge in [0, 0.05) is 12.1 Å². The molecule has 0 aromatic heterocycles. The maximum Gasteiger partial charge on any atom is 0.341 e. The Hall–Kier alpha value is -2.59. The van der Waals surface area contributed by atoms with Crippen LogP contribution in [0.2, 0.25) is 5.02 Å². The fourth-order valence-electron chi connectivity index (χ4n) is 1.90. The smallest absolute Gasteiger partial charge is 0.321 e. The van der Waals surface area contributed by atoms with E-state index in [1.165, 1.54) is 12.1 Å². The molecule has 0 heterocycles. The molecule has 0 saturated heterocycles. The van der Waals surface area contributed by atoms with Gasteiger partial charge in [-0.05, 0) is 18.2 Å². The van der Waals surface area contributed by atoms with Gasteiger partial charge in [0.25, 0.3) is 11.6 Å². The maximum atomic E-state index is 12.7. The zero-order valence-corrected chi connectivity index (χ0v) is 13.7. The Morgan fingerprint density at radius 3 is 2.44 bits per heavy atom. The molecule has 0 bridgehead atoms. The van der Waals surface area contributed by atoms with Crippen LogP contribution in [0.25, 0.3) is 0 Å². The zero-order valence-electron chi connectivity index (χ0n) is 12.1. The highest BCUT2D eigenvalue weighted by atomic mass is 35.5. The summed E-state index contributed by atoms with van der Waals surface area (Å²) in [6.07, 6.45) is 0. The van der Waals surface area contributed by atoms with Crippen molar-refractivity contribution in [3.63, 3.8) is 0 Å². The molecule has 0 aliphatic carbocycles. The number of anilines is 1. The third-order valence-electron chi connectivity index (χ3n) is 3.08. The lowest BCUT2D eigenvalue weighted by atomic mass is 10.2. The van der Waals surface area contributed by atoms with E-state index >= 15 is 0 Å². The Bertz CT molecular complexity index is 950. The number of rotatable bonds is 5. The number of halogens is 3. The van der Waals surface area contributed by atoms with Crippen LogP contribution in [0.15, 0.2) is 47.4 Å². The maximum absolute atomic E-state index is 12.7. The molecule has 0 spiro atoms. The van der Waals surface area contributed by atoms with Crippen LogP contribution in [0.4, 0.5) is 20.2 Å². The first-order chi connectivity index (χ1) is 11.6. The van der Waals surface area contributed by atoms with E-state index in [0.29, 0.717) is 0 Å². The van der Waals surface area contributed by atoms with Crippen molar-refractivity contribution >= 4 is 38.7 Å². The normalized spacial score (nSPS) is 11.4. The second-order valence-electron chi connectivity index (χ2n) is 4.68. The Balaban J connectivity index is 2.44. The van der Waals surface area contributed by atoms with E-state index in [9.17, 15) is 32.1 Å². The molecule has 0 aliphatic rings. The van der Waals surface area contributed by atoms with Gasteiger partial charge in [-0.25, -0.2) is 8.42 Å². The van der Waals surface area contributed by atoms with E-state index in [0.717, 1.165) is 30.3 Å². The molecule has 2 rings (SSSR count). The number of carbonyl (C=O) groups excluding carboxylic acids is 1. The molecule has 0 unspecified atom stereocenters. The molecule has 0 fully saturated rings. The van der Waals surface area contributed by atoms with Crippen LogP contribution in [0.3, 0.4) is 0 Å². The Morgan fingerprint density at radius 1 is 1.20 bits per heavy atom. The van der Waals surface area contributed by atoms with Gasteiger partial charge in [-0.15, -0.1) is 0 Å². The molecule has 2 aromatic carbocycles. The number of para-hydroxylation sites is 1. The lowest BCUT2D eigenvalue weighted by molar-refractivity contribution is -0.384. The fourth-order valence-corrected chi connectivity index (χ4v) is 2.99. The van der Waals surface area contributed by atoms with E-state index in [4.69, 9.17) is 11.6 Å². The van der Waals surface area contributed by atoms with Crippen molar-refractivity contribution in [3.05, 3.63) is 63.2 Å². The number of nitro groups is 1. The van der Waals surface area contributed by atoms with Crippen molar-refractivity contribution in [3.8, 4) is 0 Å². The molecule has 0 aliphatic heterocycles. The highest BCUT2D eigenvalue weighted by molar-refractivity contribution is 7.91. The van der Waals surface area contributed by atoms with Crippen LogP contribution in [0.5, 0.6) is 0 Å². The number of hydrogen-bond donors (Lipinski definition) is 1. The molecule has 0 atom stereocenters. The van der Waals surface area contributed by atoms with Gasteiger partial charge in [-0.1, -0.05) is 23.7 Å². The molecule has 1 amide bonds. The van der Waals surface area contributed by atoms with Crippen molar-refractivity contribution in [1.82, 2.24) is 0 Å². The zero-order chi connectivity index (χ0) is 18.8. The third kappa shape index (κ3) is 3.91. The largest absolute Gasteiger partial charge is 0.341 e. The van der Waals surface area contributed by atoms with Gasteiger partial charge in [0.1, 0.15) is 0 Å². The minimum Gasteiger partial charge on any atom is -0.321 e. The first kappa shape index (κ1) is 18.7. The van der Waals surface area contributed by atoms with Crippen LogP contribution >= 0.6 is 11.6 Å². The molecule has 7 nitrogen and oxygen atoms in total. The van der Waals surface area contributed by atoms with Crippen LogP contribution in [0.1, 0.15) is 10.4 Å².